The number of amides is 1. The molecule has 2 aromatic rings. The molecule has 4 nitrogen and oxygen atoms in total. The third-order valence-electron chi connectivity index (χ3n) is 2.93. The summed E-state index contributed by atoms with van der Waals surface area (Å²) >= 11 is 0. The molecule has 2 aromatic carbocycles. The molecule has 0 aromatic heterocycles. The summed E-state index contributed by atoms with van der Waals surface area (Å²) < 4.78 is 0. The van der Waals surface area contributed by atoms with E-state index in [1.165, 1.54) is 13.0 Å². The Morgan fingerprint density at radius 2 is 1.86 bits per heavy atom. The van der Waals surface area contributed by atoms with Gasteiger partial charge in [0.2, 0.25) is 5.91 Å². The molecular formula is C18H14N2O2. The lowest BCUT2D eigenvalue weighted by molar-refractivity contribution is -0.114. The van der Waals surface area contributed by atoms with E-state index in [1.54, 1.807) is 54.6 Å². The number of nitriles is 1. The van der Waals surface area contributed by atoms with Crippen molar-refractivity contribution in [3.63, 3.8) is 0 Å². The van der Waals surface area contributed by atoms with Gasteiger partial charge < -0.3 is 5.32 Å². The number of benzene rings is 2. The number of rotatable bonds is 4. The minimum Gasteiger partial charge on any atom is -0.326 e. The van der Waals surface area contributed by atoms with E-state index >= 15 is 0 Å². The van der Waals surface area contributed by atoms with Crippen LogP contribution in [0, 0.1) is 11.3 Å². The first kappa shape index (κ1) is 15.2. The first-order valence-electron chi connectivity index (χ1n) is 6.69. The Hall–Kier alpha value is -3.19. The second-order valence-electron chi connectivity index (χ2n) is 4.69. The Morgan fingerprint density at radius 3 is 2.50 bits per heavy atom. The standard InChI is InChI=1S/C18H14N2O2/c1-13(21)20-17-4-2-3-16(11-17)18(22)10-9-14-5-7-15(12-19)8-6-14/h2-11H,1H3,(H,20,21)/b10-9+. The number of hydrogen-bond acceptors (Lipinski definition) is 3. The molecule has 0 fully saturated rings. The molecule has 0 saturated heterocycles. The molecule has 0 radical (unpaired) electrons. The zero-order valence-electron chi connectivity index (χ0n) is 12.0. The number of nitrogens with one attached hydrogen (secondary N) is 1. The number of nitrogens with zero attached hydrogens (tertiary/aromatic N) is 1. The maximum atomic E-state index is 12.1. The Morgan fingerprint density at radius 1 is 1.14 bits per heavy atom. The average molecular weight is 290 g/mol. The van der Waals surface area contributed by atoms with Crippen molar-refractivity contribution in [2.75, 3.05) is 5.32 Å². The van der Waals surface area contributed by atoms with Crippen LogP contribution in [0.15, 0.2) is 54.6 Å². The van der Waals surface area contributed by atoms with Crippen molar-refractivity contribution in [2.45, 2.75) is 6.92 Å². The topological polar surface area (TPSA) is 70.0 Å². The lowest BCUT2D eigenvalue weighted by atomic mass is 10.1. The third-order valence-corrected chi connectivity index (χ3v) is 2.93. The number of carbonyl (C=O) groups is 2. The van der Waals surface area contributed by atoms with Gasteiger partial charge in [0.1, 0.15) is 0 Å². The van der Waals surface area contributed by atoms with Crippen molar-refractivity contribution in [2.24, 2.45) is 0 Å². The molecule has 0 bridgehead atoms. The van der Waals surface area contributed by atoms with E-state index < -0.39 is 0 Å². The fourth-order valence-electron chi connectivity index (χ4n) is 1.89. The number of anilines is 1. The molecule has 0 spiro atoms. The van der Waals surface area contributed by atoms with E-state index in [4.69, 9.17) is 5.26 Å². The number of ketones is 1. The SMILES string of the molecule is CC(=O)Nc1cccc(C(=O)/C=C/c2ccc(C#N)cc2)c1. The minimum atomic E-state index is -0.183. The number of hydrogen-bond donors (Lipinski definition) is 1. The van der Waals surface area contributed by atoms with Crippen molar-refractivity contribution >= 4 is 23.5 Å². The summed E-state index contributed by atoms with van der Waals surface area (Å²) in [5, 5.41) is 11.4. The quantitative estimate of drug-likeness (QED) is 0.693. The summed E-state index contributed by atoms with van der Waals surface area (Å²) in [5.74, 6) is -0.339. The highest BCUT2D eigenvalue weighted by Gasteiger charge is 2.03. The van der Waals surface area contributed by atoms with Crippen LogP contribution in [0.25, 0.3) is 6.08 Å². The molecule has 2 rings (SSSR count). The summed E-state index contributed by atoms with van der Waals surface area (Å²) in [7, 11) is 0. The summed E-state index contributed by atoms with van der Waals surface area (Å²) in [6.07, 6.45) is 3.16. The molecule has 108 valence electrons. The zero-order valence-corrected chi connectivity index (χ0v) is 12.0. The largest absolute Gasteiger partial charge is 0.326 e. The van der Waals surface area contributed by atoms with Gasteiger partial charge in [-0.1, -0.05) is 30.3 Å². The predicted octanol–water partition coefficient (Wildman–Crippen LogP) is 3.41. The van der Waals surface area contributed by atoms with Gasteiger partial charge in [-0.05, 0) is 35.9 Å². The van der Waals surface area contributed by atoms with Gasteiger partial charge in [-0.25, -0.2) is 0 Å². The highest BCUT2D eigenvalue weighted by Crippen LogP contribution is 2.13. The highest BCUT2D eigenvalue weighted by atomic mass is 16.1. The Labute approximate surface area is 128 Å². The van der Waals surface area contributed by atoms with Crippen LogP contribution in [0.3, 0.4) is 0 Å². The molecular weight excluding hydrogens is 276 g/mol. The first-order valence-corrected chi connectivity index (χ1v) is 6.69. The summed E-state index contributed by atoms with van der Waals surface area (Å²) in [5.41, 5.74) is 2.50. The molecule has 1 N–H and O–H groups in total. The van der Waals surface area contributed by atoms with Crippen LogP contribution in [-0.4, -0.2) is 11.7 Å². The van der Waals surface area contributed by atoms with Gasteiger partial charge in [0.05, 0.1) is 11.6 Å². The van der Waals surface area contributed by atoms with E-state index in [0.29, 0.717) is 16.8 Å². The van der Waals surface area contributed by atoms with Gasteiger partial charge in [0, 0.05) is 18.2 Å². The van der Waals surface area contributed by atoms with Crippen molar-refractivity contribution in [1.29, 1.82) is 5.26 Å². The highest BCUT2D eigenvalue weighted by molar-refractivity contribution is 6.07. The predicted molar refractivity (Wildman–Crippen MR) is 85.3 cm³/mol. The molecule has 0 saturated carbocycles. The summed E-state index contributed by atoms with van der Waals surface area (Å²) in [6, 6.07) is 15.7. The van der Waals surface area contributed by atoms with Crippen molar-refractivity contribution in [1.82, 2.24) is 0 Å². The number of carbonyl (C=O) groups excluding carboxylic acids is 2. The third kappa shape index (κ3) is 4.15. The Kier molecular flexibility index (Phi) is 4.84. The van der Waals surface area contributed by atoms with E-state index in [0.717, 1.165) is 5.56 Å². The normalized spacial score (nSPS) is 10.2. The van der Waals surface area contributed by atoms with Crippen LogP contribution in [-0.2, 0) is 4.79 Å². The molecule has 22 heavy (non-hydrogen) atoms. The van der Waals surface area contributed by atoms with Crippen molar-refractivity contribution in [3.8, 4) is 6.07 Å². The zero-order chi connectivity index (χ0) is 15.9. The fraction of sp³-hybridized carbons (Fsp3) is 0.0556. The van der Waals surface area contributed by atoms with E-state index in [9.17, 15) is 9.59 Å². The van der Waals surface area contributed by atoms with Crippen molar-refractivity contribution < 1.29 is 9.59 Å². The molecule has 0 unspecified atom stereocenters. The van der Waals surface area contributed by atoms with Crippen LogP contribution in [0.1, 0.15) is 28.4 Å². The van der Waals surface area contributed by atoms with Crippen LogP contribution < -0.4 is 5.32 Å². The van der Waals surface area contributed by atoms with Gasteiger partial charge in [-0.15, -0.1) is 0 Å². The fourth-order valence-corrected chi connectivity index (χ4v) is 1.89. The molecule has 4 heteroatoms. The van der Waals surface area contributed by atoms with E-state index in [-0.39, 0.29) is 11.7 Å². The molecule has 0 aliphatic carbocycles. The van der Waals surface area contributed by atoms with Crippen LogP contribution in [0.5, 0.6) is 0 Å². The van der Waals surface area contributed by atoms with E-state index in [2.05, 4.69) is 5.32 Å². The average Bonchev–Trinajstić information content (AvgIpc) is 2.52. The molecule has 0 atom stereocenters. The minimum absolute atomic E-state index is 0.156. The van der Waals surface area contributed by atoms with Gasteiger partial charge in [-0.2, -0.15) is 5.26 Å². The Bertz CT molecular complexity index is 768. The second kappa shape index (κ2) is 7.00. The van der Waals surface area contributed by atoms with E-state index in [1.807, 2.05) is 6.07 Å². The monoisotopic (exact) mass is 290 g/mol. The summed E-state index contributed by atoms with van der Waals surface area (Å²) in [4.78, 5) is 23.2. The second-order valence-corrected chi connectivity index (χ2v) is 4.69. The Balaban J connectivity index is 2.12. The summed E-state index contributed by atoms with van der Waals surface area (Å²) in [6.45, 7) is 1.42. The lowest BCUT2D eigenvalue weighted by Gasteiger charge is -2.03. The van der Waals surface area contributed by atoms with Gasteiger partial charge in [0.25, 0.3) is 0 Å². The molecule has 1 amide bonds. The maximum Gasteiger partial charge on any atom is 0.221 e. The molecule has 0 heterocycles. The van der Waals surface area contributed by atoms with Crippen molar-refractivity contribution in [3.05, 3.63) is 71.3 Å². The lowest BCUT2D eigenvalue weighted by Crippen LogP contribution is -2.06. The van der Waals surface area contributed by atoms with Crippen LogP contribution in [0.2, 0.25) is 0 Å². The maximum absolute atomic E-state index is 12.1. The van der Waals surface area contributed by atoms with Gasteiger partial charge in [-0.3, -0.25) is 9.59 Å². The van der Waals surface area contributed by atoms with Crippen LogP contribution >= 0.6 is 0 Å². The van der Waals surface area contributed by atoms with Gasteiger partial charge >= 0.3 is 0 Å². The van der Waals surface area contributed by atoms with Crippen LogP contribution in [0.4, 0.5) is 5.69 Å². The number of allylic oxidation sites excluding steroid dienone is 1. The first-order chi connectivity index (χ1) is 10.6. The molecule has 0 aliphatic heterocycles. The smallest absolute Gasteiger partial charge is 0.221 e. The molecule has 0 aliphatic rings. The van der Waals surface area contributed by atoms with Gasteiger partial charge in [0.15, 0.2) is 5.78 Å².